The third-order valence-corrected chi connectivity index (χ3v) is 2.85. The molecule has 0 aliphatic heterocycles. The van der Waals surface area contributed by atoms with Gasteiger partial charge in [0.2, 0.25) is 0 Å². The van der Waals surface area contributed by atoms with E-state index in [9.17, 15) is 9.90 Å². The highest BCUT2D eigenvalue weighted by atomic mass is 16.3. The Labute approximate surface area is 115 Å². The van der Waals surface area contributed by atoms with Crippen molar-refractivity contribution in [3.05, 3.63) is 35.4 Å². The summed E-state index contributed by atoms with van der Waals surface area (Å²) in [6, 6.07) is 7.59. The predicted molar refractivity (Wildman–Crippen MR) is 76.9 cm³/mol. The van der Waals surface area contributed by atoms with E-state index in [0.29, 0.717) is 12.5 Å². The summed E-state index contributed by atoms with van der Waals surface area (Å²) in [5.41, 5.74) is 2.24. The standard InChI is InChI=1S/C15H24N2O2/c1-11(2)7-14(10-18)17-15(19)16-9-13-6-4-5-12(3)8-13/h4-6,8,11,14,18H,7,9-10H2,1-3H3,(H2,16,17,19). The summed E-state index contributed by atoms with van der Waals surface area (Å²) in [4.78, 5) is 11.7. The van der Waals surface area contributed by atoms with Gasteiger partial charge in [0.05, 0.1) is 12.6 Å². The monoisotopic (exact) mass is 264 g/mol. The Morgan fingerprint density at radius 2 is 2.11 bits per heavy atom. The quantitative estimate of drug-likeness (QED) is 0.737. The minimum absolute atomic E-state index is 0.0317. The number of hydrogen-bond acceptors (Lipinski definition) is 2. The second-order valence-corrected chi connectivity index (χ2v) is 5.33. The van der Waals surface area contributed by atoms with Crippen LogP contribution in [0.25, 0.3) is 0 Å². The third kappa shape index (κ3) is 6.25. The van der Waals surface area contributed by atoms with Gasteiger partial charge in [0, 0.05) is 6.54 Å². The SMILES string of the molecule is Cc1cccc(CNC(=O)NC(CO)CC(C)C)c1. The summed E-state index contributed by atoms with van der Waals surface area (Å²) < 4.78 is 0. The Morgan fingerprint density at radius 3 is 2.68 bits per heavy atom. The van der Waals surface area contributed by atoms with Crippen molar-refractivity contribution in [2.75, 3.05) is 6.61 Å². The van der Waals surface area contributed by atoms with Crippen molar-refractivity contribution in [1.29, 1.82) is 0 Å². The van der Waals surface area contributed by atoms with Gasteiger partial charge in [-0.3, -0.25) is 0 Å². The molecule has 0 fully saturated rings. The maximum atomic E-state index is 11.7. The van der Waals surface area contributed by atoms with Gasteiger partial charge in [-0.1, -0.05) is 43.7 Å². The van der Waals surface area contributed by atoms with Crippen molar-refractivity contribution >= 4 is 6.03 Å². The zero-order valence-electron chi connectivity index (χ0n) is 11.9. The van der Waals surface area contributed by atoms with Gasteiger partial charge in [-0.25, -0.2) is 4.79 Å². The van der Waals surface area contributed by atoms with E-state index in [4.69, 9.17) is 0 Å². The molecule has 0 spiro atoms. The lowest BCUT2D eigenvalue weighted by atomic mass is 10.0. The molecule has 4 nitrogen and oxygen atoms in total. The lowest BCUT2D eigenvalue weighted by Crippen LogP contribution is -2.44. The summed E-state index contributed by atoms with van der Waals surface area (Å²) in [5, 5.41) is 14.8. The van der Waals surface area contributed by atoms with Gasteiger partial charge in [-0.15, -0.1) is 0 Å². The number of urea groups is 1. The molecule has 0 heterocycles. The van der Waals surface area contributed by atoms with Crippen molar-refractivity contribution in [2.24, 2.45) is 5.92 Å². The highest BCUT2D eigenvalue weighted by Gasteiger charge is 2.12. The summed E-state index contributed by atoms with van der Waals surface area (Å²) in [6.45, 7) is 6.61. The van der Waals surface area contributed by atoms with Crippen molar-refractivity contribution in [3.63, 3.8) is 0 Å². The molecule has 0 saturated heterocycles. The van der Waals surface area contributed by atoms with E-state index in [-0.39, 0.29) is 18.7 Å². The van der Waals surface area contributed by atoms with Gasteiger partial charge in [0.25, 0.3) is 0 Å². The third-order valence-electron chi connectivity index (χ3n) is 2.85. The van der Waals surface area contributed by atoms with Crippen LogP contribution in [-0.4, -0.2) is 23.8 Å². The van der Waals surface area contributed by atoms with Crippen LogP contribution in [-0.2, 0) is 6.54 Å². The first-order valence-electron chi connectivity index (χ1n) is 6.72. The molecule has 3 N–H and O–H groups in total. The lowest BCUT2D eigenvalue weighted by molar-refractivity contribution is 0.206. The number of rotatable bonds is 6. The largest absolute Gasteiger partial charge is 0.394 e. The number of aryl methyl sites for hydroxylation is 1. The average Bonchev–Trinajstić information content (AvgIpc) is 2.35. The maximum Gasteiger partial charge on any atom is 0.315 e. The number of carbonyl (C=O) groups is 1. The molecule has 0 saturated carbocycles. The molecule has 0 aliphatic carbocycles. The zero-order chi connectivity index (χ0) is 14.3. The molecule has 4 heteroatoms. The Morgan fingerprint density at radius 1 is 1.37 bits per heavy atom. The summed E-state index contributed by atoms with van der Waals surface area (Å²) in [5.74, 6) is 0.439. The van der Waals surface area contributed by atoms with Gasteiger partial charge in [0.1, 0.15) is 0 Å². The normalized spacial score (nSPS) is 12.3. The number of aliphatic hydroxyl groups is 1. The van der Waals surface area contributed by atoms with Gasteiger partial charge < -0.3 is 15.7 Å². The second-order valence-electron chi connectivity index (χ2n) is 5.33. The molecule has 1 aromatic rings. The van der Waals surface area contributed by atoms with Crippen LogP contribution in [0.3, 0.4) is 0 Å². The molecule has 106 valence electrons. The Kier molecular flexibility index (Phi) is 6.36. The first kappa shape index (κ1) is 15.5. The minimum atomic E-state index is -0.235. The molecule has 1 rings (SSSR count). The fraction of sp³-hybridized carbons (Fsp3) is 0.533. The predicted octanol–water partition coefficient (Wildman–Crippen LogP) is 2.20. The highest BCUT2D eigenvalue weighted by molar-refractivity contribution is 5.74. The summed E-state index contributed by atoms with van der Waals surface area (Å²) >= 11 is 0. The topological polar surface area (TPSA) is 61.4 Å². The lowest BCUT2D eigenvalue weighted by Gasteiger charge is -2.18. The van der Waals surface area contributed by atoms with Crippen molar-refractivity contribution in [2.45, 2.75) is 39.8 Å². The molecule has 0 aliphatic rings. The molecule has 0 bridgehead atoms. The summed E-state index contributed by atoms with van der Waals surface area (Å²) in [7, 11) is 0. The van der Waals surface area contributed by atoms with E-state index in [1.165, 1.54) is 5.56 Å². The molecule has 0 aromatic heterocycles. The Balaban J connectivity index is 2.38. The van der Waals surface area contributed by atoms with Gasteiger partial charge in [0.15, 0.2) is 0 Å². The molecule has 19 heavy (non-hydrogen) atoms. The van der Waals surface area contributed by atoms with Crippen LogP contribution in [0, 0.1) is 12.8 Å². The number of amides is 2. The fourth-order valence-electron chi connectivity index (χ4n) is 1.99. The van der Waals surface area contributed by atoms with Gasteiger partial charge in [-0.05, 0) is 24.8 Å². The molecular formula is C15H24N2O2. The van der Waals surface area contributed by atoms with E-state index < -0.39 is 0 Å². The Bertz CT molecular complexity index is 405. The van der Waals surface area contributed by atoms with Crippen molar-refractivity contribution in [1.82, 2.24) is 10.6 Å². The highest BCUT2D eigenvalue weighted by Crippen LogP contribution is 2.05. The van der Waals surface area contributed by atoms with Gasteiger partial charge >= 0.3 is 6.03 Å². The van der Waals surface area contributed by atoms with Crippen LogP contribution < -0.4 is 10.6 Å². The van der Waals surface area contributed by atoms with E-state index in [1.807, 2.05) is 31.2 Å². The van der Waals surface area contributed by atoms with Crippen LogP contribution in [0.2, 0.25) is 0 Å². The molecule has 1 aromatic carbocycles. The van der Waals surface area contributed by atoms with Gasteiger partial charge in [-0.2, -0.15) is 0 Å². The molecule has 1 unspecified atom stereocenters. The summed E-state index contributed by atoms with van der Waals surface area (Å²) in [6.07, 6.45) is 0.772. The smallest absolute Gasteiger partial charge is 0.315 e. The molecule has 0 radical (unpaired) electrons. The number of nitrogens with one attached hydrogen (secondary N) is 2. The average molecular weight is 264 g/mol. The molecular weight excluding hydrogens is 240 g/mol. The van der Waals surface area contributed by atoms with E-state index in [0.717, 1.165) is 12.0 Å². The first-order chi connectivity index (χ1) is 9.01. The van der Waals surface area contributed by atoms with E-state index >= 15 is 0 Å². The van der Waals surface area contributed by atoms with Crippen molar-refractivity contribution in [3.8, 4) is 0 Å². The van der Waals surface area contributed by atoms with E-state index in [2.05, 4.69) is 24.5 Å². The van der Waals surface area contributed by atoms with Crippen LogP contribution >= 0.6 is 0 Å². The number of hydrogen-bond donors (Lipinski definition) is 3. The first-order valence-corrected chi connectivity index (χ1v) is 6.72. The van der Waals surface area contributed by atoms with Crippen LogP contribution in [0.5, 0.6) is 0 Å². The van der Waals surface area contributed by atoms with Crippen LogP contribution in [0.4, 0.5) is 4.79 Å². The fourth-order valence-corrected chi connectivity index (χ4v) is 1.99. The Hall–Kier alpha value is -1.55. The van der Waals surface area contributed by atoms with Crippen LogP contribution in [0.1, 0.15) is 31.4 Å². The minimum Gasteiger partial charge on any atom is -0.394 e. The number of benzene rings is 1. The van der Waals surface area contributed by atoms with Crippen molar-refractivity contribution < 1.29 is 9.90 Å². The van der Waals surface area contributed by atoms with E-state index in [1.54, 1.807) is 0 Å². The van der Waals surface area contributed by atoms with Crippen LogP contribution in [0.15, 0.2) is 24.3 Å². The number of carbonyl (C=O) groups excluding carboxylic acids is 1. The molecule has 1 atom stereocenters. The zero-order valence-corrected chi connectivity index (χ0v) is 11.9. The second kappa shape index (κ2) is 7.79. The molecule has 2 amide bonds. The maximum absolute atomic E-state index is 11.7. The number of aliphatic hydroxyl groups excluding tert-OH is 1.